The number of carbonyl (C=O) groups is 1. The number of allylic oxidation sites excluding steroid dienone is 2. The lowest BCUT2D eigenvalue weighted by Crippen LogP contribution is -2.03. The minimum atomic E-state index is -0.0415. The van der Waals surface area contributed by atoms with Gasteiger partial charge in [-0.05, 0) is 44.6 Å². The van der Waals surface area contributed by atoms with E-state index in [2.05, 4.69) is 19.1 Å². The molecule has 0 atom stereocenters. The van der Waals surface area contributed by atoms with Crippen molar-refractivity contribution in [3.05, 3.63) is 48.0 Å². The standard InChI is InChI=1S/C20H38O2.C7H8O/c1-3-5-6-7-8-9-10-11-12-13-14-15-16-17-18-19-20(21)22-4-2;8-6-7-4-2-1-3-5-7/h11-12H,3-10,13-19H2,1-2H3;1-5,8H,6H2/b12-11-;. The summed E-state index contributed by atoms with van der Waals surface area (Å²) in [5.41, 5.74) is 0.965. The van der Waals surface area contributed by atoms with Gasteiger partial charge >= 0.3 is 5.97 Å². The summed E-state index contributed by atoms with van der Waals surface area (Å²) < 4.78 is 4.91. The Bertz CT molecular complexity index is 496. The maximum Gasteiger partial charge on any atom is 0.305 e. The van der Waals surface area contributed by atoms with Gasteiger partial charge in [0.25, 0.3) is 0 Å². The van der Waals surface area contributed by atoms with Crippen LogP contribution in [0.15, 0.2) is 42.5 Å². The van der Waals surface area contributed by atoms with Crippen LogP contribution in [0.25, 0.3) is 0 Å². The number of hydrogen-bond donors (Lipinski definition) is 1. The third-order valence-electron chi connectivity index (χ3n) is 4.97. The zero-order valence-corrected chi connectivity index (χ0v) is 19.6. The van der Waals surface area contributed by atoms with Gasteiger partial charge in [-0.2, -0.15) is 0 Å². The molecule has 172 valence electrons. The number of benzene rings is 1. The van der Waals surface area contributed by atoms with Crippen LogP contribution in [-0.4, -0.2) is 17.7 Å². The Morgan fingerprint density at radius 1 is 0.800 bits per heavy atom. The van der Waals surface area contributed by atoms with Gasteiger partial charge in [-0.25, -0.2) is 0 Å². The molecule has 1 aromatic carbocycles. The molecule has 1 rings (SSSR count). The molecule has 3 nitrogen and oxygen atoms in total. The average molecular weight is 419 g/mol. The fraction of sp³-hybridized carbons (Fsp3) is 0.667. The summed E-state index contributed by atoms with van der Waals surface area (Å²) in [6, 6.07) is 9.52. The normalized spacial score (nSPS) is 10.6. The molecule has 30 heavy (non-hydrogen) atoms. The molecule has 3 heteroatoms. The van der Waals surface area contributed by atoms with Gasteiger partial charge in [-0.1, -0.05) is 101 Å². The number of esters is 1. The van der Waals surface area contributed by atoms with E-state index in [9.17, 15) is 4.79 Å². The fourth-order valence-corrected chi connectivity index (χ4v) is 3.16. The Morgan fingerprint density at radius 2 is 1.33 bits per heavy atom. The monoisotopic (exact) mass is 418 g/mol. The van der Waals surface area contributed by atoms with Crippen molar-refractivity contribution in [2.24, 2.45) is 0 Å². The van der Waals surface area contributed by atoms with Crippen molar-refractivity contribution in [1.82, 2.24) is 0 Å². The third kappa shape index (κ3) is 21.1. The van der Waals surface area contributed by atoms with Crippen LogP contribution in [0.3, 0.4) is 0 Å². The first-order valence-electron chi connectivity index (χ1n) is 12.2. The number of hydrogen-bond acceptors (Lipinski definition) is 3. The minimum absolute atomic E-state index is 0.0415. The molecule has 1 N–H and O–H groups in total. The lowest BCUT2D eigenvalue weighted by molar-refractivity contribution is -0.143. The van der Waals surface area contributed by atoms with Crippen LogP contribution in [0.1, 0.15) is 109 Å². The first kappa shape index (κ1) is 28.4. The Balaban J connectivity index is 0.000000867. The highest BCUT2D eigenvalue weighted by molar-refractivity contribution is 5.69. The lowest BCUT2D eigenvalue weighted by Gasteiger charge is -2.01. The molecule has 0 aliphatic rings. The highest BCUT2D eigenvalue weighted by atomic mass is 16.5. The predicted molar refractivity (Wildman–Crippen MR) is 128 cm³/mol. The van der Waals surface area contributed by atoms with Crippen molar-refractivity contribution in [3.63, 3.8) is 0 Å². The number of unbranched alkanes of at least 4 members (excludes halogenated alkanes) is 11. The summed E-state index contributed by atoms with van der Waals surface area (Å²) in [6.45, 7) is 4.77. The molecular weight excluding hydrogens is 372 g/mol. The molecule has 1 aromatic rings. The first-order valence-corrected chi connectivity index (χ1v) is 12.2. The molecule has 0 amide bonds. The quantitative estimate of drug-likeness (QED) is 0.160. The van der Waals surface area contributed by atoms with Gasteiger partial charge in [0.15, 0.2) is 0 Å². The maximum atomic E-state index is 11.1. The van der Waals surface area contributed by atoms with Gasteiger partial charge in [0.1, 0.15) is 0 Å². The van der Waals surface area contributed by atoms with Gasteiger partial charge in [0.05, 0.1) is 13.2 Å². The SMILES string of the molecule is CCCCCCCC/C=C\CCCCCCCC(=O)OCC.OCc1ccccc1. The highest BCUT2D eigenvalue weighted by Gasteiger charge is 2.00. The highest BCUT2D eigenvalue weighted by Crippen LogP contribution is 2.10. The van der Waals surface area contributed by atoms with Gasteiger partial charge in [-0.3, -0.25) is 4.79 Å². The molecule has 0 heterocycles. The van der Waals surface area contributed by atoms with E-state index >= 15 is 0 Å². The number of aliphatic hydroxyl groups excluding tert-OH is 1. The summed E-state index contributed by atoms with van der Waals surface area (Å²) in [4.78, 5) is 11.1. The van der Waals surface area contributed by atoms with Crippen molar-refractivity contribution in [1.29, 1.82) is 0 Å². The van der Waals surface area contributed by atoms with Gasteiger partial charge in [0, 0.05) is 6.42 Å². The van der Waals surface area contributed by atoms with Crippen LogP contribution in [0.5, 0.6) is 0 Å². The number of carbonyl (C=O) groups excluding carboxylic acids is 1. The summed E-state index contributed by atoms with van der Waals surface area (Å²) >= 11 is 0. The fourth-order valence-electron chi connectivity index (χ4n) is 3.16. The number of aliphatic hydroxyl groups is 1. The Morgan fingerprint density at radius 3 is 1.83 bits per heavy atom. The summed E-state index contributed by atoms with van der Waals surface area (Å²) in [5.74, 6) is -0.0415. The van der Waals surface area contributed by atoms with Crippen LogP contribution in [0.2, 0.25) is 0 Å². The van der Waals surface area contributed by atoms with E-state index in [0.29, 0.717) is 13.0 Å². The van der Waals surface area contributed by atoms with Crippen LogP contribution in [0, 0.1) is 0 Å². The van der Waals surface area contributed by atoms with E-state index in [4.69, 9.17) is 9.84 Å². The molecule has 0 saturated heterocycles. The van der Waals surface area contributed by atoms with E-state index < -0.39 is 0 Å². The lowest BCUT2D eigenvalue weighted by atomic mass is 10.1. The smallest absolute Gasteiger partial charge is 0.305 e. The molecular formula is C27H46O3. The van der Waals surface area contributed by atoms with Gasteiger partial charge < -0.3 is 9.84 Å². The van der Waals surface area contributed by atoms with Crippen LogP contribution < -0.4 is 0 Å². The van der Waals surface area contributed by atoms with E-state index in [1.54, 1.807) is 0 Å². The maximum absolute atomic E-state index is 11.1. The van der Waals surface area contributed by atoms with Crippen molar-refractivity contribution >= 4 is 5.97 Å². The minimum Gasteiger partial charge on any atom is -0.466 e. The second-order valence-corrected chi connectivity index (χ2v) is 7.78. The molecule has 0 saturated carbocycles. The zero-order chi connectivity index (χ0) is 22.1. The second-order valence-electron chi connectivity index (χ2n) is 7.78. The molecule has 0 aromatic heterocycles. The van der Waals surface area contributed by atoms with E-state index in [0.717, 1.165) is 18.4 Å². The van der Waals surface area contributed by atoms with Gasteiger partial charge in [-0.15, -0.1) is 0 Å². The average Bonchev–Trinajstić information content (AvgIpc) is 2.77. The zero-order valence-electron chi connectivity index (χ0n) is 19.6. The molecule has 0 radical (unpaired) electrons. The van der Waals surface area contributed by atoms with E-state index in [1.807, 2.05) is 37.3 Å². The first-order chi connectivity index (χ1) is 14.7. The molecule has 0 bridgehead atoms. The summed E-state index contributed by atoms with van der Waals surface area (Å²) in [5, 5.41) is 8.54. The number of rotatable bonds is 17. The second kappa shape index (κ2) is 23.7. The Kier molecular flexibility index (Phi) is 22.4. The third-order valence-corrected chi connectivity index (χ3v) is 4.97. The van der Waals surface area contributed by atoms with Crippen molar-refractivity contribution in [2.45, 2.75) is 110 Å². The van der Waals surface area contributed by atoms with E-state index in [-0.39, 0.29) is 12.6 Å². The Labute approximate surface area is 185 Å². The van der Waals surface area contributed by atoms with Crippen molar-refractivity contribution < 1.29 is 14.6 Å². The van der Waals surface area contributed by atoms with Crippen LogP contribution >= 0.6 is 0 Å². The Hall–Kier alpha value is -1.61. The predicted octanol–water partition coefficient (Wildman–Crippen LogP) is 7.77. The summed E-state index contributed by atoms with van der Waals surface area (Å²) in [6.07, 6.45) is 22.0. The molecule has 0 aliphatic carbocycles. The molecule has 0 unspecified atom stereocenters. The molecule has 0 aliphatic heterocycles. The van der Waals surface area contributed by atoms with Crippen LogP contribution in [0.4, 0.5) is 0 Å². The topological polar surface area (TPSA) is 46.5 Å². The number of ether oxygens (including phenoxy) is 1. The summed E-state index contributed by atoms with van der Waals surface area (Å²) in [7, 11) is 0. The van der Waals surface area contributed by atoms with Crippen molar-refractivity contribution in [3.8, 4) is 0 Å². The molecule has 0 spiro atoms. The van der Waals surface area contributed by atoms with Gasteiger partial charge in [0.2, 0.25) is 0 Å². The van der Waals surface area contributed by atoms with Crippen LogP contribution in [-0.2, 0) is 16.1 Å². The molecule has 0 fully saturated rings. The largest absolute Gasteiger partial charge is 0.466 e. The van der Waals surface area contributed by atoms with E-state index in [1.165, 1.54) is 70.6 Å². The van der Waals surface area contributed by atoms with Crippen molar-refractivity contribution in [2.75, 3.05) is 6.61 Å².